The van der Waals surface area contributed by atoms with Crippen molar-refractivity contribution in [3.8, 4) is 0 Å². The normalized spacial score (nSPS) is 15.9. The van der Waals surface area contributed by atoms with Crippen molar-refractivity contribution in [2.75, 3.05) is 29.5 Å². The molecule has 2 aliphatic heterocycles. The minimum absolute atomic E-state index is 0. The molecule has 4 aromatic carbocycles. The van der Waals surface area contributed by atoms with E-state index in [1.54, 1.807) is 42.5 Å². The monoisotopic (exact) mass is 1200 g/mol. The van der Waals surface area contributed by atoms with Gasteiger partial charge in [0.05, 0.1) is 55.2 Å². The van der Waals surface area contributed by atoms with Crippen LogP contribution in [0, 0.1) is 0 Å². The second kappa shape index (κ2) is 30.5. The van der Waals surface area contributed by atoms with E-state index in [0.717, 1.165) is 17.7 Å². The number of benzene rings is 4. The summed E-state index contributed by atoms with van der Waals surface area (Å²) in [4.78, 5) is 1.04. The Morgan fingerprint density at radius 1 is 0.720 bits per heavy atom. The Hall–Kier alpha value is 0.930. The summed E-state index contributed by atoms with van der Waals surface area (Å²) in [5, 5.41) is 29.7. The summed E-state index contributed by atoms with van der Waals surface area (Å²) in [7, 11) is -18.8. The molecule has 2 heterocycles. The van der Waals surface area contributed by atoms with E-state index >= 15 is 0 Å². The number of fused-ring (bicyclic) bond motifs is 6. The zero-order valence-electron chi connectivity index (χ0n) is 43.0. The minimum Gasteiger partial charge on any atom is -0.748 e. The Bertz CT molecular complexity index is 3350. The number of unbranched alkanes of at least 4 members (excludes halogenated alkanes) is 2. The predicted molar refractivity (Wildman–Crippen MR) is 253 cm³/mol. The number of hydrogen-bond donors (Lipinski definition) is 1. The van der Waals surface area contributed by atoms with Crippen molar-refractivity contribution < 1.29 is 234 Å². The van der Waals surface area contributed by atoms with Crippen LogP contribution in [0.4, 0.5) is 11.4 Å². The fourth-order valence-corrected chi connectivity index (χ4v) is 12.6. The maximum Gasteiger partial charge on any atom is 1.00 e. The third-order valence-corrected chi connectivity index (χ3v) is 16.4. The largest absolute Gasteiger partial charge is 1.00 e. The zero-order chi connectivity index (χ0) is 51.6. The van der Waals surface area contributed by atoms with Crippen LogP contribution in [0.2, 0.25) is 0 Å². The van der Waals surface area contributed by atoms with Gasteiger partial charge in [0.2, 0.25) is 5.69 Å². The van der Waals surface area contributed by atoms with E-state index in [4.69, 9.17) is 0 Å². The number of nitrogens with zero attached hydrogens (tertiary/aromatic N) is 2. The van der Waals surface area contributed by atoms with E-state index in [2.05, 4.69) is 18.7 Å². The Balaban J connectivity index is 0.00000562. The first-order valence-corrected chi connectivity index (χ1v) is 28.5. The average molecular weight is 1200 g/mol. The molecule has 380 valence electrons. The van der Waals surface area contributed by atoms with Crippen LogP contribution in [0.3, 0.4) is 0 Å². The Labute approximate surface area is 556 Å². The second-order valence-electron chi connectivity index (χ2n) is 17.4. The molecular formula is C44H46N2Na5O18S6+. The number of allylic oxidation sites excluding steroid dienone is 8. The number of anilines is 1. The molecule has 0 aromatic heterocycles. The van der Waals surface area contributed by atoms with Gasteiger partial charge in [0, 0.05) is 73.8 Å². The van der Waals surface area contributed by atoms with E-state index in [9.17, 15) is 62.4 Å². The van der Waals surface area contributed by atoms with Crippen LogP contribution in [0.5, 0.6) is 0 Å². The molecule has 0 atom stereocenters. The molecule has 0 bridgehead atoms. The summed E-state index contributed by atoms with van der Waals surface area (Å²) in [5.41, 5.74) is 2.65. The summed E-state index contributed by atoms with van der Waals surface area (Å²) in [6.07, 6.45) is 11.6. The molecule has 6 rings (SSSR count). The van der Waals surface area contributed by atoms with Gasteiger partial charge in [-0.2, -0.15) is 21.7 Å². The minimum atomic E-state index is -5.11. The maximum absolute atomic E-state index is 12.8. The summed E-state index contributed by atoms with van der Waals surface area (Å²) in [6, 6.07) is 11.6. The summed E-state index contributed by atoms with van der Waals surface area (Å²) in [6.45, 7) is 9.82. The molecule has 75 heavy (non-hydrogen) atoms. The van der Waals surface area contributed by atoms with Gasteiger partial charge in [-0.3, -0.25) is 14.6 Å². The molecule has 0 unspecified atom stereocenters. The van der Waals surface area contributed by atoms with Crippen LogP contribution in [-0.2, 0) is 70.0 Å². The van der Waals surface area contributed by atoms with Gasteiger partial charge in [-0.1, -0.05) is 49.8 Å². The fourth-order valence-electron chi connectivity index (χ4n) is 9.06. The molecule has 4 aromatic rings. The van der Waals surface area contributed by atoms with Gasteiger partial charge >= 0.3 is 148 Å². The quantitative estimate of drug-likeness (QED) is 0.0112. The van der Waals surface area contributed by atoms with Crippen LogP contribution in [0.25, 0.3) is 21.5 Å². The first-order chi connectivity index (χ1) is 32.6. The Morgan fingerprint density at radius 2 is 1.33 bits per heavy atom. The van der Waals surface area contributed by atoms with Gasteiger partial charge in [0.1, 0.15) is 26.8 Å². The first kappa shape index (κ1) is 73.9. The van der Waals surface area contributed by atoms with Crippen LogP contribution >= 0.6 is 24.1 Å². The van der Waals surface area contributed by atoms with Crippen molar-refractivity contribution in [2.45, 2.75) is 90.7 Å². The molecule has 0 saturated carbocycles. The summed E-state index contributed by atoms with van der Waals surface area (Å²) >= 11 is 0.847. The molecule has 20 nitrogen and oxygen atoms in total. The number of hydrogen-bond acceptors (Lipinski definition) is 20. The van der Waals surface area contributed by atoms with Gasteiger partial charge in [0.15, 0.2) is 5.71 Å². The topological polar surface area (TPSA) is 315 Å². The van der Waals surface area contributed by atoms with Crippen molar-refractivity contribution in [1.29, 1.82) is 0 Å². The van der Waals surface area contributed by atoms with Gasteiger partial charge < -0.3 is 29.1 Å². The molecule has 0 amide bonds. The standard InChI is InChI=1S/C44H50N2O18S6.5Na/c1-28(12-10-14-37-43(2,3)41-33(45(37)20-6-8-22-67(49,50)51)19-17-30-25-32(69(55,56)57)27-35(39(30)41)66-64-62-48)13-11-15-38-44(4,5)42-34(46(38)21-7-9-23-68(52,53)54)18-16-29-24-31(65-63-61-47)26-36(40(29)42)70(58,59)60;;;;;/h10-19,24-27H,6-9,20-23H2,1-5H3,(H5-,47,48,49,50,51,52,53,54,55,56,57,58,59,60);;;;;/q;5*+1/p-4. The van der Waals surface area contributed by atoms with Gasteiger partial charge in [-0.05, 0) is 98.8 Å². The van der Waals surface area contributed by atoms with E-state index in [0.29, 0.717) is 80.6 Å². The molecule has 0 fully saturated rings. The molecule has 0 saturated heterocycles. The number of rotatable bonds is 22. The Morgan fingerprint density at radius 3 is 1.93 bits per heavy atom. The van der Waals surface area contributed by atoms with Crippen molar-refractivity contribution in [1.82, 2.24) is 0 Å². The summed E-state index contributed by atoms with van der Waals surface area (Å²) < 4.78 is 152. The van der Waals surface area contributed by atoms with Crippen molar-refractivity contribution in [2.24, 2.45) is 0 Å². The smallest absolute Gasteiger partial charge is 0.748 e. The maximum atomic E-state index is 12.8. The molecule has 1 N–H and O–H groups in total. The third kappa shape index (κ3) is 18.5. The predicted octanol–water partition coefficient (Wildman–Crippen LogP) is -9.61. The molecule has 0 aliphatic carbocycles. The van der Waals surface area contributed by atoms with Gasteiger partial charge in [0.25, 0.3) is 10.1 Å². The molecule has 0 radical (unpaired) electrons. The van der Waals surface area contributed by atoms with E-state index in [1.165, 1.54) is 12.1 Å². The van der Waals surface area contributed by atoms with Gasteiger partial charge in [-0.15, -0.1) is 0 Å². The van der Waals surface area contributed by atoms with E-state index < -0.39 is 72.6 Å². The van der Waals surface area contributed by atoms with Crippen LogP contribution in [0.1, 0.15) is 71.4 Å². The van der Waals surface area contributed by atoms with E-state index in [-0.39, 0.29) is 195 Å². The molecule has 31 heteroatoms. The van der Waals surface area contributed by atoms with Crippen LogP contribution in [-0.4, -0.2) is 86.8 Å². The molecular weight excluding hydrogens is 1150 g/mol. The van der Waals surface area contributed by atoms with E-state index in [1.807, 2.05) is 62.3 Å². The van der Waals surface area contributed by atoms with Crippen LogP contribution < -0.4 is 163 Å². The average Bonchev–Trinajstić information content (AvgIpc) is 3.61. The summed E-state index contributed by atoms with van der Waals surface area (Å²) in [5.74, 6) is -1.06. The second-order valence-corrected chi connectivity index (χ2v) is 24.7. The SMILES string of the molecule is CC(C=C/C=C1/N(CCCCS(=O)(=O)[O-])c2ccc3cc(S(=O)(=O)[O-])cc(SOO[O-])c3c2C1(C)C)=CC=CC1=[N+](CCCCS(=O)(=O)O)c2ccc3cc(SOO[O-])cc(S(=O)(=O)[O-])c3c2C1(C)C.[Na+].[Na+].[Na+].[Na+].[Na+]. The Kier molecular flexibility index (Phi) is 30.0. The zero-order valence-corrected chi connectivity index (χ0v) is 57.9. The van der Waals surface area contributed by atoms with Crippen molar-refractivity contribution >= 4 is 103 Å². The van der Waals surface area contributed by atoms with Gasteiger partial charge in [-0.25, -0.2) is 25.3 Å². The van der Waals surface area contributed by atoms with Crippen molar-refractivity contribution in [3.05, 3.63) is 107 Å². The molecule has 2 aliphatic rings. The fraction of sp³-hybridized carbons (Fsp3) is 0.341. The van der Waals surface area contributed by atoms with Crippen molar-refractivity contribution in [3.63, 3.8) is 0 Å². The third-order valence-electron chi connectivity index (χ3n) is 11.9. The van der Waals surface area contributed by atoms with Crippen LogP contribution in [0.15, 0.2) is 116 Å². The molecule has 0 spiro atoms. The first-order valence-electron chi connectivity index (χ1n) is 21.1.